The van der Waals surface area contributed by atoms with Gasteiger partial charge in [-0.25, -0.2) is 4.79 Å². The molecule has 0 fully saturated rings. The first-order valence-electron chi connectivity index (χ1n) is 7.81. The summed E-state index contributed by atoms with van der Waals surface area (Å²) in [5, 5.41) is 12.0. The fourth-order valence-corrected chi connectivity index (χ4v) is 4.02. The van der Waals surface area contributed by atoms with E-state index >= 15 is 0 Å². The van der Waals surface area contributed by atoms with Crippen LogP contribution in [0.2, 0.25) is 0 Å². The Morgan fingerprint density at radius 2 is 1.84 bits per heavy atom. The number of carbonyl (C=O) groups is 2. The molecule has 124 valence electrons. The Balaban J connectivity index is 1.77. The molecule has 2 aromatic carbocycles. The third kappa shape index (κ3) is 2.81. The number of nitrogens with zero attached hydrogens (tertiary/aromatic N) is 1. The normalized spacial score (nSPS) is 16.2. The standard InChI is InChI=1S/C19H14N2O3S/c22-15-10-14(11-6-8-13(9-7-11)19(23)24)18-17(20-15)16(21-25-18)12-4-2-1-3-5-12/h1-9,14H,10H2,(H,20,22)(H,23,24)/t14-/m0/s1. The van der Waals surface area contributed by atoms with E-state index in [1.165, 1.54) is 11.5 Å². The van der Waals surface area contributed by atoms with E-state index in [0.717, 1.165) is 27.4 Å². The molecule has 1 atom stereocenters. The first kappa shape index (κ1) is 15.5. The lowest BCUT2D eigenvalue weighted by Crippen LogP contribution is -2.22. The molecule has 2 N–H and O–H groups in total. The zero-order valence-corrected chi connectivity index (χ0v) is 13.9. The van der Waals surface area contributed by atoms with Crippen LogP contribution in [0.5, 0.6) is 0 Å². The predicted octanol–water partition coefficient (Wildman–Crippen LogP) is 3.98. The Kier molecular flexibility index (Phi) is 3.82. The number of aromatic carboxylic acids is 1. The highest BCUT2D eigenvalue weighted by molar-refractivity contribution is 7.07. The molecule has 2 heterocycles. The van der Waals surface area contributed by atoms with Gasteiger partial charge in [0.05, 0.1) is 16.1 Å². The van der Waals surface area contributed by atoms with Crippen LogP contribution in [0.3, 0.4) is 0 Å². The van der Waals surface area contributed by atoms with Gasteiger partial charge in [-0.1, -0.05) is 42.5 Å². The summed E-state index contributed by atoms with van der Waals surface area (Å²) in [4.78, 5) is 24.3. The van der Waals surface area contributed by atoms with Crippen molar-refractivity contribution in [2.75, 3.05) is 5.32 Å². The van der Waals surface area contributed by atoms with E-state index in [0.29, 0.717) is 6.42 Å². The van der Waals surface area contributed by atoms with E-state index in [1.807, 2.05) is 30.3 Å². The topological polar surface area (TPSA) is 79.3 Å². The molecule has 0 radical (unpaired) electrons. The summed E-state index contributed by atoms with van der Waals surface area (Å²) >= 11 is 1.38. The molecule has 1 aliphatic rings. The second kappa shape index (κ2) is 6.14. The number of carbonyl (C=O) groups excluding carboxylic acids is 1. The molecule has 0 saturated carbocycles. The summed E-state index contributed by atoms with van der Waals surface area (Å²) in [5.41, 5.74) is 3.66. The van der Waals surface area contributed by atoms with Gasteiger partial charge in [0.15, 0.2) is 0 Å². The fraction of sp³-hybridized carbons (Fsp3) is 0.105. The van der Waals surface area contributed by atoms with Crippen LogP contribution >= 0.6 is 11.5 Å². The van der Waals surface area contributed by atoms with E-state index in [4.69, 9.17) is 5.11 Å². The molecule has 6 heteroatoms. The van der Waals surface area contributed by atoms with Crippen LogP contribution in [-0.4, -0.2) is 21.4 Å². The summed E-state index contributed by atoms with van der Waals surface area (Å²) in [6.07, 6.45) is 0.329. The average molecular weight is 350 g/mol. The van der Waals surface area contributed by atoms with Crippen LogP contribution in [0.15, 0.2) is 54.6 Å². The number of hydrogen-bond donors (Lipinski definition) is 2. The van der Waals surface area contributed by atoms with E-state index in [-0.39, 0.29) is 17.4 Å². The minimum atomic E-state index is -0.960. The molecule has 3 aromatic rings. The number of anilines is 1. The lowest BCUT2D eigenvalue weighted by Gasteiger charge is -2.23. The quantitative estimate of drug-likeness (QED) is 0.749. The summed E-state index contributed by atoms with van der Waals surface area (Å²) in [7, 11) is 0. The van der Waals surface area contributed by atoms with Crippen molar-refractivity contribution in [1.29, 1.82) is 0 Å². The molecule has 0 spiro atoms. The Bertz CT molecular complexity index is 949. The van der Waals surface area contributed by atoms with Gasteiger partial charge in [-0.2, -0.15) is 4.37 Å². The molecular weight excluding hydrogens is 336 g/mol. The molecule has 5 nitrogen and oxygen atoms in total. The number of carboxylic acids is 1. The van der Waals surface area contributed by atoms with Gasteiger partial charge in [0.1, 0.15) is 5.69 Å². The summed E-state index contributed by atoms with van der Waals surface area (Å²) < 4.78 is 4.56. The average Bonchev–Trinajstić information content (AvgIpc) is 3.05. The maximum absolute atomic E-state index is 12.2. The van der Waals surface area contributed by atoms with Gasteiger partial charge in [0.25, 0.3) is 0 Å². The van der Waals surface area contributed by atoms with Gasteiger partial charge in [-0.3, -0.25) is 4.79 Å². The van der Waals surface area contributed by atoms with Gasteiger partial charge in [0.2, 0.25) is 5.91 Å². The summed E-state index contributed by atoms with van der Waals surface area (Å²) in [6, 6.07) is 16.4. The van der Waals surface area contributed by atoms with E-state index in [9.17, 15) is 9.59 Å². The van der Waals surface area contributed by atoms with Crippen molar-refractivity contribution >= 4 is 29.1 Å². The maximum Gasteiger partial charge on any atom is 0.335 e. The van der Waals surface area contributed by atoms with Gasteiger partial charge < -0.3 is 10.4 Å². The lowest BCUT2D eigenvalue weighted by molar-refractivity contribution is -0.116. The fourth-order valence-electron chi connectivity index (χ4n) is 3.05. The highest BCUT2D eigenvalue weighted by atomic mass is 32.1. The van der Waals surface area contributed by atoms with Crippen molar-refractivity contribution in [2.24, 2.45) is 0 Å². The van der Waals surface area contributed by atoms with E-state index < -0.39 is 5.97 Å². The Hall–Kier alpha value is -2.99. The number of rotatable bonds is 3. The predicted molar refractivity (Wildman–Crippen MR) is 96.0 cm³/mol. The molecule has 1 amide bonds. The summed E-state index contributed by atoms with van der Waals surface area (Å²) in [6.45, 7) is 0. The third-order valence-corrected chi connectivity index (χ3v) is 5.26. The molecule has 0 unspecified atom stereocenters. The third-order valence-electron chi connectivity index (χ3n) is 4.30. The van der Waals surface area contributed by atoms with Gasteiger partial charge in [-0.15, -0.1) is 0 Å². The number of fused-ring (bicyclic) bond motifs is 1. The van der Waals surface area contributed by atoms with Gasteiger partial charge >= 0.3 is 5.97 Å². The molecular formula is C19H14N2O3S. The first-order chi connectivity index (χ1) is 12.1. The lowest BCUT2D eigenvalue weighted by atomic mass is 9.89. The van der Waals surface area contributed by atoms with Crippen molar-refractivity contribution in [3.05, 3.63) is 70.6 Å². The zero-order valence-electron chi connectivity index (χ0n) is 13.1. The second-order valence-electron chi connectivity index (χ2n) is 5.87. The highest BCUT2D eigenvalue weighted by Gasteiger charge is 2.31. The SMILES string of the molecule is O=C1C[C@@H](c2ccc(C(=O)O)cc2)c2snc(-c3ccccc3)c2N1. The van der Waals surface area contributed by atoms with E-state index in [1.54, 1.807) is 24.3 Å². The van der Waals surface area contributed by atoms with Crippen molar-refractivity contribution in [3.8, 4) is 11.3 Å². The Morgan fingerprint density at radius 3 is 2.52 bits per heavy atom. The molecule has 0 saturated heterocycles. The minimum absolute atomic E-state index is 0.0582. The largest absolute Gasteiger partial charge is 0.478 e. The number of hydrogen-bond acceptors (Lipinski definition) is 4. The monoisotopic (exact) mass is 350 g/mol. The van der Waals surface area contributed by atoms with Crippen LogP contribution in [0.4, 0.5) is 5.69 Å². The molecule has 4 rings (SSSR count). The van der Waals surface area contributed by atoms with Crippen LogP contribution in [0, 0.1) is 0 Å². The Labute approximate surface area is 148 Å². The zero-order chi connectivity index (χ0) is 17.4. The van der Waals surface area contributed by atoms with Crippen molar-refractivity contribution in [1.82, 2.24) is 4.37 Å². The van der Waals surface area contributed by atoms with Gasteiger partial charge in [0, 0.05) is 17.9 Å². The molecule has 0 bridgehead atoms. The number of aromatic nitrogens is 1. The number of nitrogens with one attached hydrogen (secondary N) is 1. The van der Waals surface area contributed by atoms with Crippen molar-refractivity contribution in [2.45, 2.75) is 12.3 Å². The van der Waals surface area contributed by atoms with Crippen LogP contribution in [0.25, 0.3) is 11.3 Å². The van der Waals surface area contributed by atoms with Gasteiger partial charge in [-0.05, 0) is 29.2 Å². The second-order valence-corrected chi connectivity index (χ2v) is 6.67. The highest BCUT2D eigenvalue weighted by Crippen LogP contribution is 2.44. The smallest absolute Gasteiger partial charge is 0.335 e. The van der Waals surface area contributed by atoms with Crippen molar-refractivity contribution in [3.63, 3.8) is 0 Å². The molecule has 25 heavy (non-hydrogen) atoms. The Morgan fingerprint density at radius 1 is 1.12 bits per heavy atom. The van der Waals surface area contributed by atoms with Crippen LogP contribution in [0.1, 0.15) is 33.1 Å². The number of benzene rings is 2. The first-order valence-corrected chi connectivity index (χ1v) is 8.59. The van der Waals surface area contributed by atoms with Crippen LogP contribution in [-0.2, 0) is 4.79 Å². The maximum atomic E-state index is 12.2. The molecule has 0 aliphatic carbocycles. The van der Waals surface area contributed by atoms with E-state index in [2.05, 4.69) is 9.69 Å². The number of amides is 1. The molecule has 1 aliphatic heterocycles. The molecule has 1 aromatic heterocycles. The van der Waals surface area contributed by atoms with Crippen molar-refractivity contribution < 1.29 is 14.7 Å². The minimum Gasteiger partial charge on any atom is -0.478 e. The number of carboxylic acid groups (broad SMARTS) is 1. The summed E-state index contributed by atoms with van der Waals surface area (Å²) in [5.74, 6) is -1.13. The van der Waals surface area contributed by atoms with Crippen LogP contribution < -0.4 is 5.32 Å².